The van der Waals surface area contributed by atoms with E-state index in [1.807, 2.05) is 95.6 Å². The molecule has 0 aliphatic rings. The molecular formula is C29H22ClN3O3S. The van der Waals surface area contributed by atoms with Crippen LogP contribution in [-0.2, 0) is 10.5 Å². The van der Waals surface area contributed by atoms with Crippen LogP contribution >= 0.6 is 23.4 Å². The molecule has 0 spiro atoms. The van der Waals surface area contributed by atoms with E-state index in [9.17, 15) is 4.79 Å². The SMILES string of the molecule is COC(=O)c1ccc(CSc2nnc(-c3ccc(Cl)cc3)n2-c2ccc(Oc3ccccc3)cc2)cc1. The number of esters is 1. The lowest BCUT2D eigenvalue weighted by Gasteiger charge is -2.12. The standard InChI is InChI=1S/C29H22ClN3O3S/c1-35-28(34)22-9-7-20(8-10-22)19-37-29-32-31-27(21-11-13-23(30)14-12-21)33(29)24-15-17-26(18-16-24)36-25-5-3-2-4-6-25/h2-18H,19H2,1H3. The molecule has 0 fully saturated rings. The summed E-state index contributed by atoms with van der Waals surface area (Å²) in [5.74, 6) is 2.50. The first-order valence-electron chi connectivity index (χ1n) is 11.5. The molecule has 1 aromatic heterocycles. The summed E-state index contributed by atoms with van der Waals surface area (Å²) in [6.45, 7) is 0. The van der Waals surface area contributed by atoms with E-state index >= 15 is 0 Å². The van der Waals surface area contributed by atoms with Gasteiger partial charge in [0, 0.05) is 22.0 Å². The Morgan fingerprint density at radius 2 is 1.51 bits per heavy atom. The van der Waals surface area contributed by atoms with Crippen molar-refractivity contribution in [3.8, 4) is 28.6 Å². The number of thioether (sulfide) groups is 1. The first-order chi connectivity index (χ1) is 18.1. The molecule has 5 aromatic rings. The van der Waals surface area contributed by atoms with E-state index < -0.39 is 0 Å². The van der Waals surface area contributed by atoms with E-state index in [1.165, 1.54) is 7.11 Å². The minimum atomic E-state index is -0.355. The molecule has 0 saturated heterocycles. The van der Waals surface area contributed by atoms with Crippen molar-refractivity contribution in [1.29, 1.82) is 0 Å². The van der Waals surface area contributed by atoms with Crippen LogP contribution in [0.2, 0.25) is 5.02 Å². The zero-order chi connectivity index (χ0) is 25.6. The topological polar surface area (TPSA) is 66.2 Å². The van der Waals surface area contributed by atoms with Crippen LogP contribution in [-0.4, -0.2) is 27.8 Å². The number of benzene rings is 4. The highest BCUT2D eigenvalue weighted by atomic mass is 35.5. The molecule has 4 aromatic carbocycles. The molecule has 0 bridgehead atoms. The second kappa shape index (κ2) is 11.3. The summed E-state index contributed by atoms with van der Waals surface area (Å²) in [5.41, 5.74) is 3.36. The van der Waals surface area contributed by atoms with Gasteiger partial charge in [-0.1, -0.05) is 53.7 Å². The van der Waals surface area contributed by atoms with Gasteiger partial charge in [-0.3, -0.25) is 4.57 Å². The number of ether oxygens (including phenoxy) is 2. The van der Waals surface area contributed by atoms with Crippen molar-refractivity contribution in [3.63, 3.8) is 0 Å². The fraction of sp³-hybridized carbons (Fsp3) is 0.0690. The molecule has 0 amide bonds. The number of nitrogens with zero attached hydrogens (tertiary/aromatic N) is 3. The fourth-order valence-corrected chi connectivity index (χ4v) is 4.71. The average Bonchev–Trinajstić information content (AvgIpc) is 3.37. The molecule has 37 heavy (non-hydrogen) atoms. The molecule has 0 aliphatic carbocycles. The van der Waals surface area contributed by atoms with Crippen LogP contribution in [0.5, 0.6) is 11.5 Å². The lowest BCUT2D eigenvalue weighted by atomic mass is 10.1. The van der Waals surface area contributed by atoms with E-state index in [-0.39, 0.29) is 5.97 Å². The monoisotopic (exact) mass is 527 g/mol. The highest BCUT2D eigenvalue weighted by molar-refractivity contribution is 7.98. The number of carbonyl (C=O) groups excluding carboxylic acids is 1. The summed E-state index contributed by atoms with van der Waals surface area (Å²) in [4.78, 5) is 11.7. The molecule has 0 unspecified atom stereocenters. The first-order valence-corrected chi connectivity index (χ1v) is 12.8. The first kappa shape index (κ1) is 24.6. The van der Waals surface area contributed by atoms with E-state index in [4.69, 9.17) is 21.1 Å². The van der Waals surface area contributed by atoms with Gasteiger partial charge < -0.3 is 9.47 Å². The van der Waals surface area contributed by atoms with Crippen molar-refractivity contribution < 1.29 is 14.3 Å². The Hall–Kier alpha value is -4.07. The molecule has 0 aliphatic heterocycles. The van der Waals surface area contributed by atoms with Crippen molar-refractivity contribution >= 4 is 29.3 Å². The van der Waals surface area contributed by atoms with Gasteiger partial charge in [0.15, 0.2) is 11.0 Å². The van der Waals surface area contributed by atoms with Gasteiger partial charge in [0.05, 0.1) is 12.7 Å². The van der Waals surface area contributed by atoms with Gasteiger partial charge in [0.2, 0.25) is 0 Å². The number of rotatable bonds is 8. The number of aromatic nitrogens is 3. The minimum Gasteiger partial charge on any atom is -0.465 e. The molecule has 0 saturated carbocycles. The predicted molar refractivity (Wildman–Crippen MR) is 146 cm³/mol. The van der Waals surface area contributed by atoms with Gasteiger partial charge >= 0.3 is 5.97 Å². The van der Waals surface area contributed by atoms with Gasteiger partial charge in [0.25, 0.3) is 0 Å². The molecule has 5 rings (SSSR count). The van der Waals surface area contributed by atoms with E-state index in [2.05, 4.69) is 10.2 Å². The molecule has 0 N–H and O–H groups in total. The molecule has 184 valence electrons. The number of halogens is 1. The Bertz CT molecular complexity index is 1490. The molecule has 8 heteroatoms. The molecule has 0 atom stereocenters. The van der Waals surface area contributed by atoms with Crippen molar-refractivity contribution in [2.75, 3.05) is 7.11 Å². The van der Waals surface area contributed by atoms with Gasteiger partial charge in [-0.2, -0.15) is 0 Å². The Morgan fingerprint density at radius 3 is 2.19 bits per heavy atom. The Balaban J connectivity index is 1.43. The summed E-state index contributed by atoms with van der Waals surface area (Å²) < 4.78 is 12.8. The summed E-state index contributed by atoms with van der Waals surface area (Å²) in [5, 5.41) is 10.4. The summed E-state index contributed by atoms with van der Waals surface area (Å²) >= 11 is 7.67. The van der Waals surface area contributed by atoms with Gasteiger partial charge in [-0.05, 0) is 78.4 Å². The largest absolute Gasteiger partial charge is 0.465 e. The summed E-state index contributed by atoms with van der Waals surface area (Å²) in [6.07, 6.45) is 0. The van der Waals surface area contributed by atoms with E-state index in [1.54, 1.807) is 23.9 Å². The number of methoxy groups -OCH3 is 1. The highest BCUT2D eigenvalue weighted by Gasteiger charge is 2.17. The van der Waals surface area contributed by atoms with Crippen LogP contribution in [0, 0.1) is 0 Å². The normalized spacial score (nSPS) is 10.8. The lowest BCUT2D eigenvalue weighted by Crippen LogP contribution is -2.01. The van der Waals surface area contributed by atoms with Crippen molar-refractivity contribution in [2.45, 2.75) is 10.9 Å². The number of carbonyl (C=O) groups is 1. The van der Waals surface area contributed by atoms with Crippen LogP contribution < -0.4 is 4.74 Å². The Labute approximate surface area is 223 Å². The van der Waals surface area contributed by atoms with Crippen molar-refractivity contribution in [1.82, 2.24) is 14.8 Å². The van der Waals surface area contributed by atoms with Crippen molar-refractivity contribution in [2.24, 2.45) is 0 Å². The van der Waals surface area contributed by atoms with Gasteiger partial charge in [-0.25, -0.2) is 4.79 Å². The van der Waals surface area contributed by atoms with Crippen LogP contribution in [0.25, 0.3) is 17.1 Å². The van der Waals surface area contributed by atoms with Crippen molar-refractivity contribution in [3.05, 3.63) is 119 Å². The lowest BCUT2D eigenvalue weighted by molar-refractivity contribution is 0.0600. The van der Waals surface area contributed by atoms with Crippen LogP contribution in [0.3, 0.4) is 0 Å². The van der Waals surface area contributed by atoms with E-state index in [0.717, 1.165) is 33.5 Å². The average molecular weight is 528 g/mol. The third-order valence-electron chi connectivity index (χ3n) is 5.55. The molecule has 0 radical (unpaired) electrons. The zero-order valence-corrected chi connectivity index (χ0v) is 21.4. The van der Waals surface area contributed by atoms with E-state index in [0.29, 0.717) is 22.2 Å². The minimum absolute atomic E-state index is 0.355. The molecular weight excluding hydrogens is 506 g/mol. The summed E-state index contributed by atoms with van der Waals surface area (Å²) in [7, 11) is 1.37. The second-order valence-electron chi connectivity index (χ2n) is 8.03. The van der Waals surface area contributed by atoms with Gasteiger partial charge in [0.1, 0.15) is 11.5 Å². The number of para-hydroxylation sites is 1. The zero-order valence-electron chi connectivity index (χ0n) is 19.9. The maximum absolute atomic E-state index is 11.7. The van der Waals surface area contributed by atoms with Crippen LogP contribution in [0.1, 0.15) is 15.9 Å². The molecule has 1 heterocycles. The predicted octanol–water partition coefficient (Wildman–Crippen LogP) is 7.46. The van der Waals surface area contributed by atoms with Gasteiger partial charge in [-0.15, -0.1) is 10.2 Å². The summed E-state index contributed by atoms with van der Waals surface area (Å²) in [6, 6.07) is 32.3. The maximum atomic E-state index is 11.7. The molecule has 6 nitrogen and oxygen atoms in total. The smallest absolute Gasteiger partial charge is 0.337 e. The fourth-order valence-electron chi connectivity index (χ4n) is 3.67. The second-order valence-corrected chi connectivity index (χ2v) is 9.41. The Kier molecular flexibility index (Phi) is 7.54. The number of hydrogen-bond acceptors (Lipinski definition) is 6. The quantitative estimate of drug-likeness (QED) is 0.154. The Morgan fingerprint density at radius 1 is 0.838 bits per heavy atom. The van der Waals surface area contributed by atoms with Crippen LogP contribution in [0.4, 0.5) is 0 Å². The maximum Gasteiger partial charge on any atom is 0.337 e. The third kappa shape index (κ3) is 5.85. The highest BCUT2D eigenvalue weighted by Crippen LogP contribution is 2.31. The number of hydrogen-bond donors (Lipinski definition) is 0. The van der Waals surface area contributed by atoms with Crippen LogP contribution in [0.15, 0.2) is 108 Å². The third-order valence-corrected chi connectivity index (χ3v) is 6.80.